The van der Waals surface area contributed by atoms with E-state index in [0.29, 0.717) is 31.6 Å². The molecule has 3 rings (SSSR count). The molecule has 0 spiro atoms. The van der Waals surface area contributed by atoms with Crippen LogP contribution in [0.25, 0.3) is 0 Å². The molecule has 0 aliphatic carbocycles. The number of benzene rings is 1. The summed E-state index contributed by atoms with van der Waals surface area (Å²) in [5, 5.41) is 3.73. The summed E-state index contributed by atoms with van der Waals surface area (Å²) < 4.78 is 13.2. The van der Waals surface area contributed by atoms with Crippen LogP contribution in [0.3, 0.4) is 0 Å². The van der Waals surface area contributed by atoms with Crippen molar-refractivity contribution in [2.75, 3.05) is 13.1 Å². The highest BCUT2D eigenvalue weighted by Gasteiger charge is 2.33. The molecule has 138 valence electrons. The van der Waals surface area contributed by atoms with Crippen LogP contribution in [0.4, 0.5) is 4.39 Å². The topological polar surface area (TPSA) is 40.6 Å². The summed E-state index contributed by atoms with van der Waals surface area (Å²) in [6, 6.07) is 7.99. The fourth-order valence-electron chi connectivity index (χ4n) is 3.29. The molecule has 2 amide bonds. The number of amides is 2. The van der Waals surface area contributed by atoms with E-state index in [9.17, 15) is 14.0 Å². The fraction of sp³-hybridized carbons (Fsp3) is 0.400. The molecule has 0 radical (unpaired) electrons. The van der Waals surface area contributed by atoms with Gasteiger partial charge in [0.1, 0.15) is 5.82 Å². The Hall–Kier alpha value is -2.21. The highest BCUT2D eigenvalue weighted by Crippen LogP contribution is 2.22. The van der Waals surface area contributed by atoms with Gasteiger partial charge in [0.25, 0.3) is 5.91 Å². The molecule has 2 heterocycles. The molecule has 4 nitrogen and oxygen atoms in total. The third-order valence-electron chi connectivity index (χ3n) is 4.81. The van der Waals surface area contributed by atoms with Crippen molar-refractivity contribution in [1.29, 1.82) is 0 Å². The highest BCUT2D eigenvalue weighted by molar-refractivity contribution is 7.08. The van der Waals surface area contributed by atoms with Gasteiger partial charge in [0.2, 0.25) is 5.91 Å². The van der Waals surface area contributed by atoms with Crippen molar-refractivity contribution in [2.45, 2.75) is 32.9 Å². The Balaban J connectivity index is 1.81. The van der Waals surface area contributed by atoms with Crippen LogP contribution in [-0.2, 0) is 11.3 Å². The molecule has 1 fully saturated rings. The lowest BCUT2D eigenvalue weighted by atomic mass is 10.0. The van der Waals surface area contributed by atoms with E-state index in [1.165, 1.54) is 23.5 Å². The summed E-state index contributed by atoms with van der Waals surface area (Å²) in [6.07, 6.45) is 0.306. The van der Waals surface area contributed by atoms with Crippen molar-refractivity contribution in [2.24, 2.45) is 5.92 Å². The van der Waals surface area contributed by atoms with Crippen LogP contribution in [-0.4, -0.2) is 40.7 Å². The van der Waals surface area contributed by atoms with E-state index >= 15 is 0 Å². The van der Waals surface area contributed by atoms with Crippen molar-refractivity contribution >= 4 is 23.2 Å². The Morgan fingerprint density at radius 1 is 1.27 bits per heavy atom. The predicted molar refractivity (Wildman–Crippen MR) is 100 cm³/mol. The summed E-state index contributed by atoms with van der Waals surface area (Å²) >= 11 is 1.49. The maximum absolute atomic E-state index is 13.2. The zero-order valence-electron chi connectivity index (χ0n) is 15.0. The van der Waals surface area contributed by atoms with E-state index in [-0.39, 0.29) is 29.6 Å². The summed E-state index contributed by atoms with van der Waals surface area (Å²) in [6.45, 7) is 5.50. The second-order valence-electron chi connectivity index (χ2n) is 6.97. The van der Waals surface area contributed by atoms with Gasteiger partial charge in [-0.1, -0.05) is 26.0 Å². The van der Waals surface area contributed by atoms with Crippen LogP contribution in [0.5, 0.6) is 0 Å². The van der Waals surface area contributed by atoms with Gasteiger partial charge in [-0.05, 0) is 35.1 Å². The molecule has 26 heavy (non-hydrogen) atoms. The van der Waals surface area contributed by atoms with E-state index in [1.807, 2.05) is 21.7 Å². The van der Waals surface area contributed by atoms with Crippen LogP contribution in [0.15, 0.2) is 41.1 Å². The number of nitrogens with zero attached hydrogens (tertiary/aromatic N) is 2. The SMILES string of the molecule is CC(C)[C@@H]1CN(C(=O)c2ccsc2)CCC(=O)N1Cc1ccc(F)cc1. The number of rotatable bonds is 4. The van der Waals surface area contributed by atoms with Crippen LogP contribution in [0.1, 0.15) is 36.2 Å². The first-order chi connectivity index (χ1) is 12.5. The van der Waals surface area contributed by atoms with Crippen LogP contribution >= 0.6 is 11.3 Å². The first kappa shape index (κ1) is 18.6. The van der Waals surface area contributed by atoms with Gasteiger partial charge in [-0.2, -0.15) is 11.3 Å². The molecule has 1 aliphatic rings. The van der Waals surface area contributed by atoms with E-state index in [4.69, 9.17) is 0 Å². The Labute approximate surface area is 157 Å². The van der Waals surface area contributed by atoms with Crippen molar-refractivity contribution < 1.29 is 14.0 Å². The predicted octanol–water partition coefficient (Wildman–Crippen LogP) is 3.79. The van der Waals surface area contributed by atoms with Gasteiger partial charge in [-0.25, -0.2) is 4.39 Å². The number of thiophene rings is 1. The van der Waals surface area contributed by atoms with E-state index in [0.717, 1.165) is 5.56 Å². The summed E-state index contributed by atoms with van der Waals surface area (Å²) in [5.41, 5.74) is 1.57. The zero-order chi connectivity index (χ0) is 18.7. The minimum Gasteiger partial charge on any atom is -0.336 e. The fourth-order valence-corrected chi connectivity index (χ4v) is 3.92. The van der Waals surface area contributed by atoms with E-state index < -0.39 is 0 Å². The second-order valence-corrected chi connectivity index (χ2v) is 7.75. The monoisotopic (exact) mass is 374 g/mol. The molecule has 0 bridgehead atoms. The first-order valence-corrected chi connectivity index (χ1v) is 9.75. The van der Waals surface area contributed by atoms with Crippen LogP contribution in [0.2, 0.25) is 0 Å². The van der Waals surface area contributed by atoms with Gasteiger partial charge in [0, 0.05) is 31.4 Å². The van der Waals surface area contributed by atoms with Gasteiger partial charge >= 0.3 is 0 Å². The molecule has 1 saturated heterocycles. The van der Waals surface area contributed by atoms with Crippen LogP contribution < -0.4 is 0 Å². The molecule has 1 aromatic carbocycles. The molecule has 1 aliphatic heterocycles. The first-order valence-electron chi connectivity index (χ1n) is 8.81. The maximum atomic E-state index is 13.2. The minimum absolute atomic E-state index is 0.0201. The number of halogens is 1. The molecule has 0 saturated carbocycles. The van der Waals surface area contributed by atoms with Gasteiger partial charge < -0.3 is 9.80 Å². The van der Waals surface area contributed by atoms with Crippen molar-refractivity contribution in [3.63, 3.8) is 0 Å². The quantitative estimate of drug-likeness (QED) is 0.817. The smallest absolute Gasteiger partial charge is 0.254 e. The van der Waals surface area contributed by atoms with Crippen LogP contribution in [0, 0.1) is 11.7 Å². The molecule has 0 N–H and O–H groups in total. The Kier molecular flexibility index (Phi) is 5.71. The molecule has 6 heteroatoms. The summed E-state index contributed by atoms with van der Waals surface area (Å²) in [5.74, 6) is -0.0684. The Bertz CT molecular complexity index is 759. The number of carbonyl (C=O) groups is 2. The van der Waals surface area contributed by atoms with Crippen molar-refractivity contribution in [3.05, 3.63) is 58.0 Å². The normalized spacial score (nSPS) is 18.3. The Morgan fingerprint density at radius 2 is 2.00 bits per heavy atom. The second kappa shape index (κ2) is 7.99. The lowest BCUT2D eigenvalue weighted by Gasteiger charge is -2.34. The van der Waals surface area contributed by atoms with Gasteiger partial charge in [-0.15, -0.1) is 0 Å². The maximum Gasteiger partial charge on any atom is 0.254 e. The zero-order valence-corrected chi connectivity index (χ0v) is 15.8. The third-order valence-corrected chi connectivity index (χ3v) is 5.50. The van der Waals surface area contributed by atoms with Gasteiger partial charge in [0.05, 0.1) is 11.6 Å². The van der Waals surface area contributed by atoms with Crippen molar-refractivity contribution in [3.8, 4) is 0 Å². The summed E-state index contributed by atoms with van der Waals surface area (Å²) in [7, 11) is 0. The van der Waals surface area contributed by atoms with Crippen molar-refractivity contribution in [1.82, 2.24) is 9.80 Å². The molecule has 1 aromatic heterocycles. The third kappa shape index (κ3) is 4.12. The average molecular weight is 374 g/mol. The number of hydrogen-bond donors (Lipinski definition) is 0. The van der Waals surface area contributed by atoms with E-state index in [2.05, 4.69) is 13.8 Å². The van der Waals surface area contributed by atoms with E-state index in [1.54, 1.807) is 17.0 Å². The number of carbonyl (C=O) groups excluding carboxylic acids is 2. The minimum atomic E-state index is -0.288. The average Bonchev–Trinajstić information content (AvgIpc) is 3.10. The molecular formula is C20H23FN2O2S. The molecule has 1 atom stereocenters. The summed E-state index contributed by atoms with van der Waals surface area (Å²) in [4.78, 5) is 29.2. The van der Waals surface area contributed by atoms with Gasteiger partial charge in [0.15, 0.2) is 0 Å². The van der Waals surface area contributed by atoms with Gasteiger partial charge in [-0.3, -0.25) is 9.59 Å². The number of hydrogen-bond acceptors (Lipinski definition) is 3. The molecular weight excluding hydrogens is 351 g/mol. The Morgan fingerprint density at radius 3 is 2.62 bits per heavy atom. The molecule has 2 aromatic rings. The standard InChI is InChI=1S/C20H23FN2O2S/c1-14(2)18-12-22(20(25)16-8-10-26-13-16)9-7-19(24)23(18)11-15-3-5-17(21)6-4-15/h3-6,8,10,13-14,18H,7,9,11-12H2,1-2H3/t18-/m0/s1. The lowest BCUT2D eigenvalue weighted by molar-refractivity contribution is -0.134. The molecule has 0 unspecified atom stereocenters. The highest BCUT2D eigenvalue weighted by atomic mass is 32.1. The largest absolute Gasteiger partial charge is 0.336 e. The lowest BCUT2D eigenvalue weighted by Crippen LogP contribution is -2.47.